The number of aryl methyl sites for hydroxylation is 1. The van der Waals surface area contributed by atoms with Crippen LogP contribution in [0.2, 0.25) is 0 Å². The zero-order valence-electron chi connectivity index (χ0n) is 8.84. The van der Waals surface area contributed by atoms with Gasteiger partial charge in [0.25, 0.3) is 0 Å². The molecule has 0 unspecified atom stereocenters. The topological polar surface area (TPSA) is 52.3 Å². The number of hydrogen-bond donors (Lipinski definition) is 1. The molecule has 0 saturated heterocycles. The third-order valence-corrected chi connectivity index (χ3v) is 2.57. The van der Waals surface area contributed by atoms with E-state index in [9.17, 15) is 4.79 Å². The van der Waals surface area contributed by atoms with Crippen LogP contribution in [0.5, 0.6) is 5.75 Å². The summed E-state index contributed by atoms with van der Waals surface area (Å²) < 4.78 is 6.09. The van der Waals surface area contributed by atoms with Gasteiger partial charge in [-0.2, -0.15) is 0 Å². The molecule has 0 bridgehead atoms. The monoisotopic (exact) mass is 271 g/mol. The van der Waals surface area contributed by atoms with E-state index in [0.717, 1.165) is 10.0 Å². The average Bonchev–Trinajstić information content (AvgIpc) is 2.17. The molecule has 1 aromatic carbocycles. The maximum Gasteiger partial charge on any atom is 0.167 e. The van der Waals surface area contributed by atoms with Gasteiger partial charge in [0.2, 0.25) is 0 Å². The molecular weight excluding hydrogens is 258 g/mol. The van der Waals surface area contributed by atoms with E-state index in [2.05, 4.69) is 15.9 Å². The molecule has 82 valence electrons. The Labute approximate surface area is 97.7 Å². The van der Waals surface area contributed by atoms with Gasteiger partial charge >= 0.3 is 0 Å². The molecule has 0 heterocycles. The van der Waals surface area contributed by atoms with Crippen molar-refractivity contribution in [2.75, 3.05) is 13.7 Å². The van der Waals surface area contributed by atoms with Gasteiger partial charge in [-0.05, 0) is 31.2 Å². The Morgan fingerprint density at radius 1 is 1.53 bits per heavy atom. The van der Waals surface area contributed by atoms with Gasteiger partial charge in [-0.3, -0.25) is 4.79 Å². The highest BCUT2D eigenvalue weighted by molar-refractivity contribution is 9.10. The summed E-state index contributed by atoms with van der Waals surface area (Å²) in [5, 5.41) is 0. The number of ketones is 1. The quantitative estimate of drug-likeness (QED) is 0.855. The molecule has 15 heavy (non-hydrogen) atoms. The van der Waals surface area contributed by atoms with Crippen molar-refractivity contribution in [3.63, 3.8) is 0 Å². The summed E-state index contributed by atoms with van der Waals surface area (Å²) in [7, 11) is 1.56. The minimum Gasteiger partial charge on any atom is -0.496 e. The van der Waals surface area contributed by atoms with E-state index >= 15 is 0 Å². The highest BCUT2D eigenvalue weighted by Gasteiger charge is 2.14. The van der Waals surface area contributed by atoms with Gasteiger partial charge in [-0.25, -0.2) is 0 Å². The number of benzene rings is 1. The standard InChI is InChI=1S/C11H14BrNO2/c1-7-5-8(12)6-9(11(7)15-2)10(14)3-4-13/h5-6H,3-4,13H2,1-2H3. The summed E-state index contributed by atoms with van der Waals surface area (Å²) in [6, 6.07) is 3.68. The predicted molar refractivity (Wildman–Crippen MR) is 63.4 cm³/mol. The maximum atomic E-state index is 11.7. The smallest absolute Gasteiger partial charge is 0.167 e. The lowest BCUT2D eigenvalue weighted by Gasteiger charge is -2.10. The molecule has 0 atom stereocenters. The first-order valence-electron chi connectivity index (χ1n) is 4.67. The molecular formula is C11H14BrNO2. The van der Waals surface area contributed by atoms with Crippen LogP contribution in [0.25, 0.3) is 0 Å². The van der Waals surface area contributed by atoms with Crippen molar-refractivity contribution in [3.05, 3.63) is 27.7 Å². The average molecular weight is 272 g/mol. The lowest BCUT2D eigenvalue weighted by molar-refractivity contribution is 0.0982. The van der Waals surface area contributed by atoms with Crippen molar-refractivity contribution in [3.8, 4) is 5.75 Å². The number of halogens is 1. The Kier molecular flexibility index (Phi) is 4.29. The van der Waals surface area contributed by atoms with Gasteiger partial charge in [0.05, 0.1) is 12.7 Å². The summed E-state index contributed by atoms with van der Waals surface area (Å²) in [6.45, 7) is 2.26. The van der Waals surface area contributed by atoms with E-state index in [-0.39, 0.29) is 5.78 Å². The van der Waals surface area contributed by atoms with Crippen LogP contribution in [0.1, 0.15) is 22.3 Å². The third-order valence-electron chi connectivity index (χ3n) is 2.12. The second-order valence-electron chi connectivity index (χ2n) is 3.27. The van der Waals surface area contributed by atoms with E-state index in [1.165, 1.54) is 0 Å². The van der Waals surface area contributed by atoms with E-state index < -0.39 is 0 Å². The van der Waals surface area contributed by atoms with Crippen LogP contribution >= 0.6 is 15.9 Å². The van der Waals surface area contributed by atoms with Crippen LogP contribution in [0.15, 0.2) is 16.6 Å². The Bertz CT molecular complexity index is 377. The van der Waals surface area contributed by atoms with Gasteiger partial charge < -0.3 is 10.5 Å². The lowest BCUT2D eigenvalue weighted by Crippen LogP contribution is -2.10. The second-order valence-corrected chi connectivity index (χ2v) is 4.18. The summed E-state index contributed by atoms with van der Waals surface area (Å²) in [6.07, 6.45) is 0.340. The number of hydrogen-bond acceptors (Lipinski definition) is 3. The number of methoxy groups -OCH3 is 1. The van der Waals surface area contributed by atoms with Crippen LogP contribution in [-0.4, -0.2) is 19.4 Å². The normalized spacial score (nSPS) is 10.1. The highest BCUT2D eigenvalue weighted by atomic mass is 79.9. The van der Waals surface area contributed by atoms with E-state index in [1.807, 2.05) is 13.0 Å². The molecule has 0 spiro atoms. The first kappa shape index (κ1) is 12.2. The first-order chi connectivity index (χ1) is 7.10. The third kappa shape index (κ3) is 2.79. The largest absolute Gasteiger partial charge is 0.496 e. The van der Waals surface area contributed by atoms with Gasteiger partial charge in [0.15, 0.2) is 5.78 Å². The fourth-order valence-corrected chi connectivity index (χ4v) is 2.05. The van der Waals surface area contributed by atoms with Crippen molar-refractivity contribution in [1.82, 2.24) is 0 Å². The molecule has 0 radical (unpaired) electrons. The van der Waals surface area contributed by atoms with Gasteiger partial charge in [0, 0.05) is 10.9 Å². The minimum absolute atomic E-state index is 0.0127. The van der Waals surface area contributed by atoms with Crippen molar-refractivity contribution in [2.45, 2.75) is 13.3 Å². The first-order valence-corrected chi connectivity index (χ1v) is 5.46. The Hall–Kier alpha value is -0.870. The van der Waals surface area contributed by atoms with E-state index in [1.54, 1.807) is 13.2 Å². The maximum absolute atomic E-state index is 11.7. The van der Waals surface area contributed by atoms with E-state index in [0.29, 0.717) is 24.3 Å². The van der Waals surface area contributed by atoms with Crippen LogP contribution < -0.4 is 10.5 Å². The number of Topliss-reactive ketones (excluding diaryl/α,β-unsaturated/α-hetero) is 1. The number of nitrogens with two attached hydrogens (primary N) is 1. The Morgan fingerprint density at radius 2 is 2.20 bits per heavy atom. The second kappa shape index (κ2) is 5.28. The minimum atomic E-state index is 0.0127. The fraction of sp³-hybridized carbons (Fsp3) is 0.364. The van der Waals surface area contributed by atoms with Crippen molar-refractivity contribution < 1.29 is 9.53 Å². The summed E-state index contributed by atoms with van der Waals surface area (Å²) in [5.41, 5.74) is 6.89. The van der Waals surface area contributed by atoms with Gasteiger partial charge in [-0.1, -0.05) is 15.9 Å². The molecule has 2 N–H and O–H groups in total. The predicted octanol–water partition coefficient (Wildman–Crippen LogP) is 2.30. The Morgan fingerprint density at radius 3 is 2.73 bits per heavy atom. The summed E-state index contributed by atoms with van der Waals surface area (Å²) >= 11 is 3.36. The zero-order chi connectivity index (χ0) is 11.4. The van der Waals surface area contributed by atoms with Crippen LogP contribution in [0, 0.1) is 6.92 Å². The van der Waals surface area contributed by atoms with Crippen molar-refractivity contribution in [2.24, 2.45) is 5.73 Å². The van der Waals surface area contributed by atoms with Gasteiger partial charge in [0.1, 0.15) is 5.75 Å². The molecule has 0 aliphatic carbocycles. The summed E-state index contributed by atoms with van der Waals surface area (Å²) in [5.74, 6) is 0.649. The SMILES string of the molecule is COc1c(C)cc(Br)cc1C(=O)CCN. The molecule has 1 aromatic rings. The fourth-order valence-electron chi connectivity index (χ4n) is 1.47. The molecule has 0 aliphatic rings. The van der Waals surface area contributed by atoms with Crippen LogP contribution in [0.4, 0.5) is 0 Å². The number of ether oxygens (including phenoxy) is 1. The Balaban J connectivity index is 3.20. The molecule has 0 fully saturated rings. The van der Waals surface area contributed by atoms with Crippen LogP contribution in [-0.2, 0) is 0 Å². The number of carbonyl (C=O) groups excluding carboxylic acids is 1. The molecule has 0 saturated carbocycles. The van der Waals surface area contributed by atoms with Crippen LogP contribution in [0.3, 0.4) is 0 Å². The molecule has 0 amide bonds. The molecule has 4 heteroatoms. The number of rotatable bonds is 4. The molecule has 1 rings (SSSR count). The molecule has 0 aromatic heterocycles. The molecule has 3 nitrogen and oxygen atoms in total. The zero-order valence-corrected chi connectivity index (χ0v) is 10.4. The lowest BCUT2D eigenvalue weighted by atomic mass is 10.0. The van der Waals surface area contributed by atoms with E-state index in [4.69, 9.17) is 10.5 Å². The highest BCUT2D eigenvalue weighted by Crippen LogP contribution is 2.28. The molecule has 0 aliphatic heterocycles. The van der Waals surface area contributed by atoms with Crippen molar-refractivity contribution >= 4 is 21.7 Å². The van der Waals surface area contributed by atoms with Crippen molar-refractivity contribution in [1.29, 1.82) is 0 Å². The summed E-state index contributed by atoms with van der Waals surface area (Å²) in [4.78, 5) is 11.7. The number of carbonyl (C=O) groups is 1. The van der Waals surface area contributed by atoms with Gasteiger partial charge in [-0.15, -0.1) is 0 Å².